The fourth-order valence-electron chi connectivity index (χ4n) is 2.79. The van der Waals surface area contributed by atoms with Gasteiger partial charge in [-0.2, -0.15) is 5.10 Å². The molecule has 0 fully saturated rings. The van der Waals surface area contributed by atoms with Crippen molar-refractivity contribution in [3.63, 3.8) is 0 Å². The second kappa shape index (κ2) is 7.72. The van der Waals surface area contributed by atoms with Crippen LogP contribution in [0.2, 0.25) is 0 Å². The maximum atomic E-state index is 11.7. The van der Waals surface area contributed by atoms with Gasteiger partial charge in [0.25, 0.3) is 0 Å². The molecule has 0 aliphatic heterocycles. The van der Waals surface area contributed by atoms with E-state index in [1.807, 2.05) is 61.5 Å². The van der Waals surface area contributed by atoms with Crippen molar-refractivity contribution in [3.8, 4) is 22.4 Å². The van der Waals surface area contributed by atoms with Gasteiger partial charge in [-0.1, -0.05) is 43.0 Å². The smallest absolute Gasteiger partial charge is 0.325 e. The predicted molar refractivity (Wildman–Crippen MR) is 108 cm³/mol. The molecule has 2 aromatic carbocycles. The molecule has 5 nitrogen and oxygen atoms in total. The second-order valence-corrected chi connectivity index (χ2v) is 7.69. The van der Waals surface area contributed by atoms with Crippen LogP contribution in [0.15, 0.2) is 66.1 Å². The number of aromatic nitrogens is 2. The number of allylic oxidation sites excluding steroid dienone is 1. The molecule has 6 heteroatoms. The first-order valence-corrected chi connectivity index (χ1v) is 9.91. The fraction of sp³-hybridized carbons (Fsp3) is 0.143. The first kappa shape index (κ1) is 18.8. The monoisotopic (exact) mass is 380 g/mol. The van der Waals surface area contributed by atoms with Crippen molar-refractivity contribution in [2.75, 3.05) is 6.26 Å². The second-order valence-electron chi connectivity index (χ2n) is 6.31. The van der Waals surface area contributed by atoms with Crippen LogP contribution in [-0.4, -0.2) is 31.3 Å². The van der Waals surface area contributed by atoms with Crippen molar-refractivity contribution in [2.24, 2.45) is 0 Å². The van der Waals surface area contributed by atoms with Gasteiger partial charge < -0.3 is 5.11 Å². The molecule has 0 aliphatic carbocycles. The summed E-state index contributed by atoms with van der Waals surface area (Å²) >= 11 is 0. The third kappa shape index (κ3) is 4.23. The maximum absolute atomic E-state index is 11.7. The summed E-state index contributed by atoms with van der Waals surface area (Å²) in [5.41, 5.74) is 5.03. The Balaban J connectivity index is 1.98. The zero-order valence-corrected chi connectivity index (χ0v) is 16.0. The number of carbonyl (C=O) groups is 1. The highest BCUT2D eigenvalue weighted by molar-refractivity contribution is 7.84. The third-order valence-electron chi connectivity index (χ3n) is 4.18. The van der Waals surface area contributed by atoms with Gasteiger partial charge >= 0.3 is 5.97 Å². The Morgan fingerprint density at radius 3 is 2.37 bits per heavy atom. The summed E-state index contributed by atoms with van der Waals surface area (Å²) in [6, 6.07) is 17.3. The molecule has 1 aromatic heterocycles. The van der Waals surface area contributed by atoms with E-state index in [-0.39, 0.29) is 6.54 Å². The number of nitrogens with zero attached hydrogens (tertiary/aromatic N) is 2. The SMILES string of the molecule is C=C(C)c1cc(-c2ccc(-c3cccc(S(C)=O)c3)cc2)n(CC(=O)O)n1. The van der Waals surface area contributed by atoms with Gasteiger partial charge in [-0.3, -0.25) is 13.7 Å². The van der Waals surface area contributed by atoms with Crippen LogP contribution in [0.1, 0.15) is 12.6 Å². The van der Waals surface area contributed by atoms with Gasteiger partial charge in [0.15, 0.2) is 0 Å². The Kier molecular flexibility index (Phi) is 5.37. The van der Waals surface area contributed by atoms with Crippen LogP contribution < -0.4 is 0 Å². The van der Waals surface area contributed by atoms with E-state index in [0.29, 0.717) is 5.69 Å². The van der Waals surface area contributed by atoms with Gasteiger partial charge in [0, 0.05) is 22.0 Å². The molecule has 0 radical (unpaired) electrons. The summed E-state index contributed by atoms with van der Waals surface area (Å²) in [4.78, 5) is 11.9. The average molecular weight is 380 g/mol. The van der Waals surface area contributed by atoms with E-state index in [4.69, 9.17) is 5.11 Å². The Bertz CT molecular complexity index is 1040. The van der Waals surface area contributed by atoms with Crippen LogP contribution in [0.3, 0.4) is 0 Å². The van der Waals surface area contributed by atoms with Crippen LogP contribution in [-0.2, 0) is 22.1 Å². The fourth-order valence-corrected chi connectivity index (χ4v) is 3.36. The number of carboxylic acid groups (broad SMARTS) is 1. The van der Waals surface area contributed by atoms with Crippen molar-refractivity contribution in [3.05, 3.63) is 66.9 Å². The number of hydrogen-bond donors (Lipinski definition) is 1. The van der Waals surface area contributed by atoms with Crippen LogP contribution in [0.25, 0.3) is 28.0 Å². The summed E-state index contributed by atoms with van der Waals surface area (Å²) in [7, 11) is -1.03. The number of rotatable bonds is 6. The predicted octanol–water partition coefficient (Wildman–Crippen LogP) is 4.07. The lowest BCUT2D eigenvalue weighted by molar-refractivity contribution is -0.137. The lowest BCUT2D eigenvalue weighted by atomic mass is 10.0. The molecule has 27 heavy (non-hydrogen) atoms. The van der Waals surface area contributed by atoms with Crippen molar-refractivity contribution >= 4 is 22.3 Å². The minimum Gasteiger partial charge on any atom is -0.480 e. The first-order chi connectivity index (χ1) is 12.8. The van der Waals surface area contributed by atoms with Crippen molar-refractivity contribution < 1.29 is 14.1 Å². The molecule has 0 aliphatic rings. The van der Waals surface area contributed by atoms with E-state index in [1.54, 1.807) is 6.26 Å². The molecule has 138 valence electrons. The van der Waals surface area contributed by atoms with Crippen molar-refractivity contribution in [2.45, 2.75) is 18.4 Å². The quantitative estimate of drug-likeness (QED) is 0.700. The highest BCUT2D eigenvalue weighted by Crippen LogP contribution is 2.27. The summed E-state index contributed by atoms with van der Waals surface area (Å²) in [6.07, 6.45) is 1.66. The van der Waals surface area contributed by atoms with E-state index >= 15 is 0 Å². The average Bonchev–Trinajstić information content (AvgIpc) is 3.05. The first-order valence-electron chi connectivity index (χ1n) is 8.35. The lowest BCUT2D eigenvalue weighted by Gasteiger charge is -2.07. The summed E-state index contributed by atoms with van der Waals surface area (Å²) in [5, 5.41) is 13.5. The molecule has 0 saturated heterocycles. The molecule has 1 heterocycles. The molecular weight excluding hydrogens is 360 g/mol. The van der Waals surface area contributed by atoms with Crippen LogP contribution >= 0.6 is 0 Å². The zero-order chi connectivity index (χ0) is 19.6. The van der Waals surface area contributed by atoms with Gasteiger partial charge in [0.2, 0.25) is 0 Å². The van der Waals surface area contributed by atoms with E-state index in [9.17, 15) is 9.00 Å². The Hall–Kier alpha value is -2.99. The topological polar surface area (TPSA) is 72.2 Å². The molecule has 0 bridgehead atoms. The van der Waals surface area contributed by atoms with Crippen LogP contribution in [0.4, 0.5) is 0 Å². The summed E-state index contributed by atoms with van der Waals surface area (Å²) in [6.45, 7) is 5.51. The van der Waals surface area contributed by atoms with Crippen molar-refractivity contribution in [1.29, 1.82) is 0 Å². The molecule has 1 atom stereocenters. The van der Waals surface area contributed by atoms with Gasteiger partial charge in [0.05, 0.1) is 11.4 Å². The molecule has 3 aromatic rings. The molecule has 1 N–H and O–H groups in total. The normalized spacial score (nSPS) is 11.9. The minimum absolute atomic E-state index is 0.214. The van der Waals surface area contributed by atoms with Gasteiger partial charge in [0.1, 0.15) is 6.54 Å². The maximum Gasteiger partial charge on any atom is 0.325 e. The standard InChI is InChI=1S/C21H20N2O3S/c1-14(2)19-12-20(23(22-19)13-21(24)25)16-9-7-15(8-10-16)17-5-4-6-18(11-17)27(3)26/h4-12H,1,13H2,2-3H3,(H,24,25). The minimum atomic E-state index is -1.03. The number of hydrogen-bond acceptors (Lipinski definition) is 3. The number of aliphatic carboxylic acids is 1. The molecule has 0 spiro atoms. The van der Waals surface area contributed by atoms with E-state index in [1.165, 1.54) is 4.68 Å². The van der Waals surface area contributed by atoms with Gasteiger partial charge in [-0.05, 0) is 47.4 Å². The molecule has 1 unspecified atom stereocenters. The largest absolute Gasteiger partial charge is 0.480 e. The Labute approximate surface area is 160 Å². The summed E-state index contributed by atoms with van der Waals surface area (Å²) < 4.78 is 13.2. The van der Waals surface area contributed by atoms with E-state index < -0.39 is 16.8 Å². The van der Waals surface area contributed by atoms with Crippen LogP contribution in [0.5, 0.6) is 0 Å². The highest BCUT2D eigenvalue weighted by Gasteiger charge is 2.13. The van der Waals surface area contributed by atoms with E-state index in [2.05, 4.69) is 11.7 Å². The molecule has 0 saturated carbocycles. The van der Waals surface area contributed by atoms with Gasteiger partial charge in [-0.15, -0.1) is 0 Å². The zero-order valence-electron chi connectivity index (χ0n) is 15.2. The lowest BCUT2D eigenvalue weighted by Crippen LogP contribution is -2.11. The van der Waals surface area contributed by atoms with E-state index in [0.717, 1.165) is 32.9 Å². The molecule has 3 rings (SSSR count). The number of carboxylic acids is 1. The van der Waals surface area contributed by atoms with Gasteiger partial charge in [-0.25, -0.2) is 0 Å². The highest BCUT2D eigenvalue weighted by atomic mass is 32.2. The molecule has 0 amide bonds. The van der Waals surface area contributed by atoms with Crippen LogP contribution in [0, 0.1) is 0 Å². The third-order valence-corrected chi connectivity index (χ3v) is 5.10. The Morgan fingerprint density at radius 1 is 1.11 bits per heavy atom. The van der Waals surface area contributed by atoms with Crippen molar-refractivity contribution in [1.82, 2.24) is 9.78 Å². The molecular formula is C21H20N2O3S. The summed E-state index contributed by atoms with van der Waals surface area (Å²) in [5.74, 6) is -0.950. The number of benzene rings is 2. The Morgan fingerprint density at radius 2 is 1.78 bits per heavy atom.